The molecule has 0 aromatic carbocycles. The largest absolute Gasteiger partial charge is 0.0628 e. The predicted molar refractivity (Wildman–Crippen MR) is 80.6 cm³/mol. The van der Waals surface area contributed by atoms with Gasteiger partial charge in [0.2, 0.25) is 0 Å². The van der Waals surface area contributed by atoms with Gasteiger partial charge < -0.3 is 0 Å². The molecule has 4 aliphatic rings. The fourth-order valence-corrected chi connectivity index (χ4v) is 7.73. The molecular formula is C19H32. The first-order valence-electron chi connectivity index (χ1n) is 8.89. The fraction of sp³-hybridized carbons (Fsp3) is 1.00. The van der Waals surface area contributed by atoms with Gasteiger partial charge in [-0.1, -0.05) is 41.5 Å². The Hall–Kier alpha value is 0. The van der Waals surface area contributed by atoms with E-state index in [-0.39, 0.29) is 0 Å². The zero-order valence-electron chi connectivity index (χ0n) is 13.7. The van der Waals surface area contributed by atoms with Crippen LogP contribution in [-0.4, -0.2) is 0 Å². The summed E-state index contributed by atoms with van der Waals surface area (Å²) < 4.78 is 0. The molecule has 0 saturated heterocycles. The van der Waals surface area contributed by atoms with E-state index in [1.54, 1.807) is 6.42 Å². The summed E-state index contributed by atoms with van der Waals surface area (Å²) in [5, 5.41) is 0. The van der Waals surface area contributed by atoms with Crippen molar-refractivity contribution >= 4 is 0 Å². The summed E-state index contributed by atoms with van der Waals surface area (Å²) in [5.41, 5.74) is 0.726. The lowest BCUT2D eigenvalue weighted by Crippen LogP contribution is -2.48. The van der Waals surface area contributed by atoms with Gasteiger partial charge in [-0.3, -0.25) is 0 Å². The Morgan fingerprint density at radius 2 is 1.63 bits per heavy atom. The van der Waals surface area contributed by atoms with E-state index in [1.807, 2.05) is 0 Å². The van der Waals surface area contributed by atoms with Crippen molar-refractivity contribution in [2.45, 2.75) is 54.4 Å². The first kappa shape index (κ1) is 12.7. The van der Waals surface area contributed by atoms with Gasteiger partial charge in [0, 0.05) is 0 Å². The standard InChI is InChI=1S/C19H32/c1-9(2)7-15-10(3)13-8-14-11(4)17-12(5)19(17,6)18(15)16(13)14/h9-18H,7-8H2,1-6H3. The molecule has 108 valence electrons. The van der Waals surface area contributed by atoms with Gasteiger partial charge in [-0.25, -0.2) is 0 Å². The van der Waals surface area contributed by atoms with Crippen molar-refractivity contribution in [2.75, 3.05) is 0 Å². The Morgan fingerprint density at radius 1 is 1.00 bits per heavy atom. The Labute approximate surface area is 119 Å². The summed E-state index contributed by atoms with van der Waals surface area (Å²) in [6, 6.07) is 0. The normalized spacial score (nSPS) is 65.5. The highest BCUT2D eigenvalue weighted by atomic mass is 14.8. The van der Waals surface area contributed by atoms with Crippen molar-refractivity contribution < 1.29 is 0 Å². The van der Waals surface area contributed by atoms with Crippen LogP contribution < -0.4 is 0 Å². The Morgan fingerprint density at radius 3 is 2.26 bits per heavy atom. The average Bonchev–Trinajstić information content (AvgIpc) is 2.75. The van der Waals surface area contributed by atoms with E-state index in [0.717, 1.165) is 64.6 Å². The summed E-state index contributed by atoms with van der Waals surface area (Å²) in [6.45, 7) is 15.3. The fourth-order valence-electron chi connectivity index (χ4n) is 7.73. The molecule has 0 aliphatic heterocycles. The van der Waals surface area contributed by atoms with Crippen LogP contribution >= 0.6 is 0 Å². The zero-order chi connectivity index (χ0) is 13.7. The van der Waals surface area contributed by atoms with Gasteiger partial charge >= 0.3 is 0 Å². The third-order valence-corrected chi connectivity index (χ3v) is 8.59. The Balaban J connectivity index is 1.71. The third-order valence-electron chi connectivity index (χ3n) is 8.59. The summed E-state index contributed by atoms with van der Waals surface area (Å²) in [7, 11) is 0. The average molecular weight is 260 g/mol. The molecule has 0 amide bonds. The van der Waals surface area contributed by atoms with E-state index in [9.17, 15) is 0 Å². The quantitative estimate of drug-likeness (QED) is 0.649. The molecule has 4 rings (SSSR count). The van der Waals surface area contributed by atoms with Crippen LogP contribution in [0.2, 0.25) is 0 Å². The maximum absolute atomic E-state index is 2.67. The molecular weight excluding hydrogens is 228 g/mol. The first-order chi connectivity index (χ1) is 8.89. The maximum atomic E-state index is 2.67. The molecule has 0 bridgehead atoms. The van der Waals surface area contributed by atoms with Crippen LogP contribution in [0.5, 0.6) is 0 Å². The SMILES string of the molecule is CC(C)CC1C(C)C2CC3C(C)C4C(C)C4(C)C1C23. The van der Waals surface area contributed by atoms with Crippen molar-refractivity contribution in [3.05, 3.63) is 0 Å². The molecule has 4 saturated carbocycles. The highest BCUT2D eigenvalue weighted by Crippen LogP contribution is 2.81. The molecule has 0 radical (unpaired) electrons. The van der Waals surface area contributed by atoms with E-state index in [4.69, 9.17) is 0 Å². The minimum absolute atomic E-state index is 0.726. The molecule has 10 unspecified atom stereocenters. The minimum atomic E-state index is 0.726. The lowest BCUT2D eigenvalue weighted by atomic mass is 9.52. The van der Waals surface area contributed by atoms with Crippen LogP contribution in [0.1, 0.15) is 54.4 Å². The lowest BCUT2D eigenvalue weighted by molar-refractivity contribution is -0.0536. The van der Waals surface area contributed by atoms with Crippen LogP contribution in [-0.2, 0) is 0 Å². The summed E-state index contributed by atoms with van der Waals surface area (Å²) in [4.78, 5) is 0. The molecule has 4 aliphatic carbocycles. The van der Waals surface area contributed by atoms with Crippen molar-refractivity contribution in [1.82, 2.24) is 0 Å². The van der Waals surface area contributed by atoms with E-state index in [1.165, 1.54) is 6.42 Å². The van der Waals surface area contributed by atoms with Crippen molar-refractivity contribution in [1.29, 1.82) is 0 Å². The second-order valence-corrected chi connectivity index (χ2v) is 9.36. The molecule has 19 heavy (non-hydrogen) atoms. The van der Waals surface area contributed by atoms with Crippen LogP contribution in [0.25, 0.3) is 0 Å². The minimum Gasteiger partial charge on any atom is -0.0628 e. The smallest absolute Gasteiger partial charge is 0.0230 e. The van der Waals surface area contributed by atoms with Gasteiger partial charge in [-0.05, 0) is 77.4 Å². The van der Waals surface area contributed by atoms with E-state index in [0.29, 0.717) is 0 Å². The van der Waals surface area contributed by atoms with Crippen molar-refractivity contribution in [2.24, 2.45) is 64.6 Å². The summed E-state index contributed by atoms with van der Waals surface area (Å²) in [6.07, 6.45) is 3.08. The van der Waals surface area contributed by atoms with Crippen molar-refractivity contribution in [3.63, 3.8) is 0 Å². The number of hydrogen-bond donors (Lipinski definition) is 0. The van der Waals surface area contributed by atoms with Crippen LogP contribution in [0.3, 0.4) is 0 Å². The summed E-state index contributed by atoms with van der Waals surface area (Å²) >= 11 is 0. The van der Waals surface area contributed by atoms with E-state index >= 15 is 0 Å². The van der Waals surface area contributed by atoms with Crippen molar-refractivity contribution in [3.8, 4) is 0 Å². The Bertz CT molecular complexity index is 397. The zero-order valence-corrected chi connectivity index (χ0v) is 13.7. The van der Waals surface area contributed by atoms with Crippen LogP contribution in [0.4, 0.5) is 0 Å². The van der Waals surface area contributed by atoms with E-state index in [2.05, 4.69) is 41.5 Å². The van der Waals surface area contributed by atoms with Gasteiger partial charge in [-0.2, -0.15) is 0 Å². The topological polar surface area (TPSA) is 0 Å². The third kappa shape index (κ3) is 1.28. The Kier molecular flexibility index (Phi) is 2.41. The highest BCUT2D eigenvalue weighted by molar-refractivity contribution is 5.24. The first-order valence-corrected chi connectivity index (χ1v) is 8.89. The molecule has 0 heterocycles. The second kappa shape index (κ2) is 3.60. The van der Waals surface area contributed by atoms with Gasteiger partial charge in [0.25, 0.3) is 0 Å². The van der Waals surface area contributed by atoms with Gasteiger partial charge in [-0.15, -0.1) is 0 Å². The molecule has 0 aromatic rings. The van der Waals surface area contributed by atoms with Gasteiger partial charge in [0.05, 0.1) is 0 Å². The number of hydrogen-bond acceptors (Lipinski definition) is 0. The van der Waals surface area contributed by atoms with Crippen LogP contribution in [0.15, 0.2) is 0 Å². The second-order valence-electron chi connectivity index (χ2n) is 9.36. The molecule has 4 fully saturated rings. The highest BCUT2D eigenvalue weighted by Gasteiger charge is 2.77. The van der Waals surface area contributed by atoms with E-state index < -0.39 is 0 Å². The van der Waals surface area contributed by atoms with Gasteiger partial charge in [0.1, 0.15) is 0 Å². The molecule has 0 aromatic heterocycles. The lowest BCUT2D eigenvalue weighted by Gasteiger charge is -2.53. The molecule has 10 atom stereocenters. The molecule has 0 nitrogen and oxygen atoms in total. The molecule has 0 heteroatoms. The predicted octanol–water partition coefficient (Wildman–Crippen LogP) is 5.09. The maximum Gasteiger partial charge on any atom is -0.0230 e. The van der Waals surface area contributed by atoms with Crippen LogP contribution in [0, 0.1) is 64.6 Å². The number of rotatable bonds is 2. The summed E-state index contributed by atoms with van der Waals surface area (Å²) in [5.74, 6) is 10.5. The molecule has 0 N–H and O–H groups in total. The molecule has 0 spiro atoms. The van der Waals surface area contributed by atoms with Gasteiger partial charge in [0.15, 0.2) is 0 Å². The number of fused-ring (bicyclic) bond motifs is 2. The monoisotopic (exact) mass is 260 g/mol.